The standard InChI is InChI=1S/C20H28O3Si/c1-20(2,3)24(5,6)23-18(14-19(21)22-4)17-12-11-15-9-7-8-10-16(15)13-17/h7-13,18H,14H2,1-6H3. The molecule has 0 heterocycles. The van der Waals surface area contributed by atoms with E-state index >= 15 is 0 Å². The lowest BCUT2D eigenvalue weighted by atomic mass is 10.0. The molecular weight excluding hydrogens is 316 g/mol. The van der Waals surface area contributed by atoms with E-state index in [1.54, 1.807) is 0 Å². The molecule has 0 bridgehead atoms. The Hall–Kier alpha value is -1.65. The fourth-order valence-electron chi connectivity index (χ4n) is 2.40. The van der Waals surface area contributed by atoms with Crippen LogP contribution >= 0.6 is 0 Å². The monoisotopic (exact) mass is 344 g/mol. The molecule has 0 spiro atoms. The van der Waals surface area contributed by atoms with Crippen LogP contribution < -0.4 is 0 Å². The quantitative estimate of drug-likeness (QED) is 0.533. The topological polar surface area (TPSA) is 35.5 Å². The molecule has 0 saturated heterocycles. The Kier molecular flexibility index (Phi) is 5.51. The Balaban J connectivity index is 2.38. The second-order valence-corrected chi connectivity index (χ2v) is 12.5. The zero-order valence-corrected chi connectivity index (χ0v) is 16.6. The van der Waals surface area contributed by atoms with Crippen molar-refractivity contribution in [1.29, 1.82) is 0 Å². The summed E-state index contributed by atoms with van der Waals surface area (Å²) in [6.45, 7) is 11.0. The molecular formula is C20H28O3Si. The molecule has 0 aliphatic heterocycles. The van der Waals surface area contributed by atoms with Gasteiger partial charge >= 0.3 is 5.97 Å². The maximum atomic E-state index is 11.9. The third-order valence-corrected chi connectivity index (χ3v) is 9.45. The minimum Gasteiger partial charge on any atom is -0.469 e. The fourth-order valence-corrected chi connectivity index (χ4v) is 3.69. The third kappa shape index (κ3) is 4.25. The highest BCUT2D eigenvalue weighted by atomic mass is 28.4. The van der Waals surface area contributed by atoms with Crippen LogP contribution in [0.4, 0.5) is 0 Å². The Morgan fingerprint density at radius 2 is 1.71 bits per heavy atom. The zero-order chi connectivity index (χ0) is 18.0. The summed E-state index contributed by atoms with van der Waals surface area (Å²) >= 11 is 0. The first kappa shape index (κ1) is 18.7. The number of benzene rings is 2. The van der Waals surface area contributed by atoms with E-state index in [9.17, 15) is 4.79 Å². The van der Waals surface area contributed by atoms with Gasteiger partial charge in [-0.2, -0.15) is 0 Å². The molecule has 4 heteroatoms. The largest absolute Gasteiger partial charge is 0.469 e. The predicted octanol–water partition coefficient (Wildman–Crippen LogP) is 5.47. The van der Waals surface area contributed by atoms with Crippen molar-refractivity contribution < 1.29 is 14.0 Å². The number of carbonyl (C=O) groups is 1. The maximum Gasteiger partial charge on any atom is 0.308 e. The molecule has 0 amide bonds. The van der Waals surface area contributed by atoms with Gasteiger partial charge in [0, 0.05) is 0 Å². The van der Waals surface area contributed by atoms with Crippen LogP contribution in [-0.2, 0) is 14.0 Å². The van der Waals surface area contributed by atoms with E-state index in [2.05, 4.69) is 64.2 Å². The van der Waals surface area contributed by atoms with Crippen LogP contribution in [0.15, 0.2) is 42.5 Å². The summed E-state index contributed by atoms with van der Waals surface area (Å²) in [6, 6.07) is 14.5. The highest BCUT2D eigenvalue weighted by molar-refractivity contribution is 6.74. The van der Waals surface area contributed by atoms with E-state index < -0.39 is 8.32 Å². The molecule has 0 saturated carbocycles. The third-order valence-electron chi connectivity index (χ3n) is 4.97. The van der Waals surface area contributed by atoms with Gasteiger partial charge in [-0.1, -0.05) is 57.2 Å². The van der Waals surface area contributed by atoms with Gasteiger partial charge in [-0.3, -0.25) is 4.79 Å². The zero-order valence-electron chi connectivity index (χ0n) is 15.6. The molecule has 1 unspecified atom stereocenters. The van der Waals surface area contributed by atoms with Gasteiger partial charge in [0.1, 0.15) is 0 Å². The summed E-state index contributed by atoms with van der Waals surface area (Å²) in [6.07, 6.45) is -0.0376. The fraction of sp³-hybridized carbons (Fsp3) is 0.450. The van der Waals surface area contributed by atoms with E-state index in [1.165, 1.54) is 12.5 Å². The molecule has 130 valence electrons. The van der Waals surface area contributed by atoms with E-state index in [0.717, 1.165) is 10.9 Å². The number of ether oxygens (including phenoxy) is 1. The van der Waals surface area contributed by atoms with Gasteiger partial charge in [0.25, 0.3) is 0 Å². The molecule has 2 aromatic carbocycles. The molecule has 0 N–H and O–H groups in total. The van der Waals surface area contributed by atoms with E-state index in [1.807, 2.05) is 12.1 Å². The summed E-state index contributed by atoms with van der Waals surface area (Å²) in [7, 11) is -0.583. The van der Waals surface area contributed by atoms with Gasteiger partial charge in [-0.15, -0.1) is 0 Å². The first-order chi connectivity index (χ1) is 11.1. The number of hydrogen-bond donors (Lipinski definition) is 0. The summed E-state index contributed by atoms with van der Waals surface area (Å²) in [5, 5.41) is 2.42. The molecule has 0 radical (unpaired) electrons. The molecule has 2 rings (SSSR count). The number of fused-ring (bicyclic) bond motifs is 1. The van der Waals surface area contributed by atoms with E-state index in [-0.39, 0.29) is 23.5 Å². The van der Waals surface area contributed by atoms with Crippen LogP contribution in [0.2, 0.25) is 18.1 Å². The van der Waals surface area contributed by atoms with Crippen LogP contribution in [0, 0.1) is 0 Å². The molecule has 24 heavy (non-hydrogen) atoms. The van der Waals surface area contributed by atoms with Gasteiger partial charge < -0.3 is 9.16 Å². The number of methoxy groups -OCH3 is 1. The normalized spacial score (nSPS) is 13.8. The Bertz CT molecular complexity index is 716. The Morgan fingerprint density at radius 1 is 1.08 bits per heavy atom. The molecule has 1 atom stereocenters. The van der Waals surface area contributed by atoms with Crippen LogP contribution in [0.5, 0.6) is 0 Å². The predicted molar refractivity (Wildman–Crippen MR) is 102 cm³/mol. The Morgan fingerprint density at radius 3 is 2.29 bits per heavy atom. The van der Waals surface area contributed by atoms with Crippen LogP contribution in [-0.4, -0.2) is 21.4 Å². The highest BCUT2D eigenvalue weighted by Crippen LogP contribution is 2.40. The number of esters is 1. The molecule has 3 nitrogen and oxygen atoms in total. The van der Waals surface area contributed by atoms with Crippen molar-refractivity contribution in [3.8, 4) is 0 Å². The highest BCUT2D eigenvalue weighted by Gasteiger charge is 2.40. The summed E-state index contributed by atoms with van der Waals surface area (Å²) in [5.74, 6) is -0.244. The van der Waals surface area contributed by atoms with Crippen molar-refractivity contribution in [3.63, 3.8) is 0 Å². The summed E-state index contributed by atoms with van der Waals surface area (Å²) < 4.78 is 11.4. The molecule has 0 aliphatic carbocycles. The van der Waals surface area contributed by atoms with Crippen molar-refractivity contribution in [2.45, 2.75) is 51.4 Å². The second kappa shape index (κ2) is 7.07. The van der Waals surface area contributed by atoms with Gasteiger partial charge in [-0.25, -0.2) is 0 Å². The lowest BCUT2D eigenvalue weighted by molar-refractivity contribution is -0.142. The van der Waals surface area contributed by atoms with Crippen molar-refractivity contribution in [1.82, 2.24) is 0 Å². The van der Waals surface area contributed by atoms with Gasteiger partial charge in [0.15, 0.2) is 8.32 Å². The summed E-state index contributed by atoms with van der Waals surface area (Å²) in [5.41, 5.74) is 1.03. The maximum absolute atomic E-state index is 11.9. The van der Waals surface area contributed by atoms with Crippen LogP contribution in [0.1, 0.15) is 38.9 Å². The van der Waals surface area contributed by atoms with Crippen molar-refractivity contribution >= 4 is 25.1 Å². The molecule has 0 aliphatic rings. The van der Waals surface area contributed by atoms with Crippen molar-refractivity contribution in [3.05, 3.63) is 48.0 Å². The second-order valence-electron chi connectivity index (χ2n) is 7.75. The average molecular weight is 345 g/mol. The first-order valence-electron chi connectivity index (χ1n) is 8.37. The van der Waals surface area contributed by atoms with Crippen molar-refractivity contribution in [2.75, 3.05) is 7.11 Å². The molecule has 2 aromatic rings. The lowest BCUT2D eigenvalue weighted by Gasteiger charge is -2.39. The van der Waals surface area contributed by atoms with E-state index in [4.69, 9.17) is 9.16 Å². The van der Waals surface area contributed by atoms with Crippen LogP contribution in [0.25, 0.3) is 10.8 Å². The minimum absolute atomic E-state index is 0.0816. The molecule has 0 aromatic heterocycles. The van der Waals surface area contributed by atoms with Gasteiger partial charge in [0.2, 0.25) is 0 Å². The molecule has 0 fully saturated rings. The van der Waals surface area contributed by atoms with E-state index in [0.29, 0.717) is 0 Å². The first-order valence-corrected chi connectivity index (χ1v) is 11.3. The van der Waals surface area contributed by atoms with Gasteiger partial charge in [0.05, 0.1) is 19.6 Å². The number of hydrogen-bond acceptors (Lipinski definition) is 3. The van der Waals surface area contributed by atoms with Crippen molar-refractivity contribution in [2.24, 2.45) is 0 Å². The Labute approximate surface area is 146 Å². The number of rotatable bonds is 5. The minimum atomic E-state index is -2.01. The average Bonchev–Trinajstić information content (AvgIpc) is 2.52. The smallest absolute Gasteiger partial charge is 0.308 e. The summed E-state index contributed by atoms with van der Waals surface area (Å²) in [4.78, 5) is 11.9. The van der Waals surface area contributed by atoms with Crippen LogP contribution in [0.3, 0.4) is 0 Å². The lowest BCUT2D eigenvalue weighted by Crippen LogP contribution is -2.42. The number of carbonyl (C=O) groups excluding carboxylic acids is 1. The SMILES string of the molecule is COC(=O)CC(O[Si](C)(C)C(C)(C)C)c1ccc2ccccc2c1. The van der Waals surface area contributed by atoms with Gasteiger partial charge in [-0.05, 0) is 40.5 Å².